The van der Waals surface area contributed by atoms with Crippen molar-refractivity contribution in [1.82, 2.24) is 0 Å². The van der Waals surface area contributed by atoms with E-state index in [9.17, 15) is 0 Å². The predicted molar refractivity (Wildman–Crippen MR) is 75.6 cm³/mol. The van der Waals surface area contributed by atoms with Crippen LogP contribution < -0.4 is 0 Å². The molecule has 0 aromatic rings. The fraction of sp³-hybridized carbons (Fsp3) is 0.625. The van der Waals surface area contributed by atoms with Crippen LogP contribution in [0.3, 0.4) is 0 Å². The zero-order chi connectivity index (χ0) is 12.8. The zero-order valence-electron chi connectivity index (χ0n) is 12.1. The summed E-state index contributed by atoms with van der Waals surface area (Å²) in [4.78, 5) is 0. The third-order valence-electron chi connectivity index (χ3n) is 2.72. The molecule has 0 fully saturated rings. The van der Waals surface area contributed by atoms with Gasteiger partial charge in [0.2, 0.25) is 0 Å². The van der Waals surface area contributed by atoms with Gasteiger partial charge in [-0.1, -0.05) is 51.5 Å². The smallest absolute Gasteiger partial charge is 0.0227 e. The lowest BCUT2D eigenvalue weighted by Gasteiger charge is -2.22. The highest BCUT2D eigenvalue weighted by molar-refractivity contribution is 5.36. The van der Waals surface area contributed by atoms with Gasteiger partial charge in [-0.15, -0.1) is 0 Å². The molecule has 0 amide bonds. The van der Waals surface area contributed by atoms with Crippen molar-refractivity contribution in [1.29, 1.82) is 0 Å². The standard InChI is InChI=1S/C16H28/c1-8-13(4)11-15(12-16(5,6)7)14(9-2)10-3/h8-9,11H,10,12H2,1-7H3. The van der Waals surface area contributed by atoms with Crippen LogP contribution in [0.5, 0.6) is 0 Å². The molecule has 0 atom stereocenters. The SMILES string of the molecule is CC=C(C)C=C(CC(C)(C)C)C(=CC)CC. The molecule has 0 saturated carbocycles. The van der Waals surface area contributed by atoms with E-state index in [1.54, 1.807) is 0 Å². The largest absolute Gasteiger partial charge is 0.0847 e. The molecule has 0 aliphatic rings. The molecule has 92 valence electrons. The van der Waals surface area contributed by atoms with Crippen molar-refractivity contribution in [2.75, 3.05) is 0 Å². The fourth-order valence-corrected chi connectivity index (χ4v) is 1.80. The van der Waals surface area contributed by atoms with Crippen LogP contribution >= 0.6 is 0 Å². The molecule has 0 nitrogen and oxygen atoms in total. The molecule has 0 N–H and O–H groups in total. The number of hydrogen-bond donors (Lipinski definition) is 0. The molecule has 0 heteroatoms. The number of allylic oxidation sites excluding steroid dienone is 6. The molecular weight excluding hydrogens is 192 g/mol. The van der Waals surface area contributed by atoms with E-state index in [1.807, 2.05) is 0 Å². The molecule has 0 unspecified atom stereocenters. The van der Waals surface area contributed by atoms with Crippen LogP contribution in [0, 0.1) is 5.41 Å². The molecule has 0 radical (unpaired) electrons. The molecule has 16 heavy (non-hydrogen) atoms. The summed E-state index contributed by atoms with van der Waals surface area (Å²) in [6, 6.07) is 0. The second-order valence-corrected chi connectivity index (χ2v) is 5.61. The van der Waals surface area contributed by atoms with E-state index in [-0.39, 0.29) is 0 Å². The summed E-state index contributed by atoms with van der Waals surface area (Å²) >= 11 is 0. The van der Waals surface area contributed by atoms with Crippen LogP contribution in [0.15, 0.2) is 34.9 Å². The highest BCUT2D eigenvalue weighted by atomic mass is 14.2. The van der Waals surface area contributed by atoms with E-state index < -0.39 is 0 Å². The molecule has 0 aliphatic carbocycles. The molecule has 0 saturated heterocycles. The summed E-state index contributed by atoms with van der Waals surface area (Å²) in [7, 11) is 0. The lowest BCUT2D eigenvalue weighted by Crippen LogP contribution is -2.07. The van der Waals surface area contributed by atoms with E-state index in [0.29, 0.717) is 5.41 Å². The van der Waals surface area contributed by atoms with Gasteiger partial charge in [0.05, 0.1) is 0 Å². The topological polar surface area (TPSA) is 0 Å². The van der Waals surface area contributed by atoms with Gasteiger partial charge in [-0.05, 0) is 50.2 Å². The van der Waals surface area contributed by atoms with Crippen molar-refractivity contribution >= 4 is 0 Å². The third kappa shape index (κ3) is 5.95. The third-order valence-corrected chi connectivity index (χ3v) is 2.72. The Hall–Kier alpha value is -0.780. The summed E-state index contributed by atoms with van der Waals surface area (Å²) in [5.74, 6) is 0. The van der Waals surface area contributed by atoms with Crippen LogP contribution in [0.1, 0.15) is 61.3 Å². The minimum Gasteiger partial charge on any atom is -0.0847 e. The zero-order valence-corrected chi connectivity index (χ0v) is 12.1. The second-order valence-electron chi connectivity index (χ2n) is 5.61. The van der Waals surface area contributed by atoms with Gasteiger partial charge in [-0.3, -0.25) is 0 Å². The Labute approximate surface area is 102 Å². The van der Waals surface area contributed by atoms with Crippen molar-refractivity contribution in [2.24, 2.45) is 5.41 Å². The Morgan fingerprint density at radius 2 is 1.56 bits per heavy atom. The van der Waals surface area contributed by atoms with Crippen LogP contribution in [-0.4, -0.2) is 0 Å². The average Bonchev–Trinajstić information content (AvgIpc) is 2.16. The van der Waals surface area contributed by atoms with Crippen molar-refractivity contribution in [3.8, 4) is 0 Å². The predicted octanol–water partition coefficient (Wildman–Crippen LogP) is 5.67. The molecule has 0 rings (SSSR count). The molecule has 0 heterocycles. The van der Waals surface area contributed by atoms with Crippen LogP contribution in [0.25, 0.3) is 0 Å². The highest BCUT2D eigenvalue weighted by Crippen LogP contribution is 2.30. The molecule has 0 bridgehead atoms. The van der Waals surface area contributed by atoms with Gasteiger partial charge in [-0.2, -0.15) is 0 Å². The monoisotopic (exact) mass is 220 g/mol. The van der Waals surface area contributed by atoms with E-state index >= 15 is 0 Å². The van der Waals surface area contributed by atoms with Crippen molar-refractivity contribution in [2.45, 2.75) is 61.3 Å². The summed E-state index contributed by atoms with van der Waals surface area (Å²) in [6.07, 6.45) is 9.03. The fourth-order valence-electron chi connectivity index (χ4n) is 1.80. The Morgan fingerprint density at radius 3 is 1.88 bits per heavy atom. The quantitative estimate of drug-likeness (QED) is 0.535. The summed E-state index contributed by atoms with van der Waals surface area (Å²) in [5.41, 5.74) is 4.68. The van der Waals surface area contributed by atoms with E-state index in [1.165, 1.54) is 16.7 Å². The Kier molecular flexibility index (Phi) is 6.40. The molecule has 0 aliphatic heterocycles. The first-order valence-electron chi connectivity index (χ1n) is 6.33. The van der Waals surface area contributed by atoms with E-state index in [0.717, 1.165) is 12.8 Å². The van der Waals surface area contributed by atoms with Gasteiger partial charge in [0, 0.05) is 0 Å². The van der Waals surface area contributed by atoms with Gasteiger partial charge in [0.25, 0.3) is 0 Å². The van der Waals surface area contributed by atoms with E-state index in [4.69, 9.17) is 0 Å². The Balaban J connectivity index is 5.14. The molecule has 0 aromatic heterocycles. The summed E-state index contributed by atoms with van der Waals surface area (Å²) in [5, 5.41) is 0. The second kappa shape index (κ2) is 6.73. The van der Waals surface area contributed by atoms with Gasteiger partial charge < -0.3 is 0 Å². The number of rotatable bonds is 4. The molecular formula is C16H28. The maximum atomic E-state index is 2.34. The average molecular weight is 220 g/mol. The van der Waals surface area contributed by atoms with Crippen molar-refractivity contribution in [3.63, 3.8) is 0 Å². The van der Waals surface area contributed by atoms with E-state index in [2.05, 4.69) is 66.7 Å². The Morgan fingerprint density at radius 1 is 1.00 bits per heavy atom. The Bertz CT molecular complexity index is 292. The van der Waals surface area contributed by atoms with Gasteiger partial charge >= 0.3 is 0 Å². The van der Waals surface area contributed by atoms with Gasteiger partial charge in [0.1, 0.15) is 0 Å². The van der Waals surface area contributed by atoms with Crippen molar-refractivity contribution < 1.29 is 0 Å². The van der Waals surface area contributed by atoms with Crippen LogP contribution in [-0.2, 0) is 0 Å². The first-order valence-corrected chi connectivity index (χ1v) is 6.33. The first-order chi connectivity index (χ1) is 7.34. The lowest BCUT2D eigenvalue weighted by atomic mass is 9.83. The molecule has 0 spiro atoms. The van der Waals surface area contributed by atoms with Crippen molar-refractivity contribution in [3.05, 3.63) is 34.9 Å². The first kappa shape index (κ1) is 15.2. The maximum Gasteiger partial charge on any atom is -0.0227 e. The summed E-state index contributed by atoms with van der Waals surface area (Å²) in [6.45, 7) is 15.5. The number of hydrogen-bond acceptors (Lipinski definition) is 0. The molecule has 0 aromatic carbocycles. The lowest BCUT2D eigenvalue weighted by molar-refractivity contribution is 0.410. The van der Waals surface area contributed by atoms with Crippen LogP contribution in [0.4, 0.5) is 0 Å². The summed E-state index contributed by atoms with van der Waals surface area (Å²) < 4.78 is 0. The van der Waals surface area contributed by atoms with Crippen LogP contribution in [0.2, 0.25) is 0 Å². The van der Waals surface area contributed by atoms with Gasteiger partial charge in [-0.25, -0.2) is 0 Å². The normalized spacial score (nSPS) is 15.6. The minimum atomic E-state index is 0.350. The highest BCUT2D eigenvalue weighted by Gasteiger charge is 2.14. The maximum absolute atomic E-state index is 2.34. The van der Waals surface area contributed by atoms with Gasteiger partial charge in [0.15, 0.2) is 0 Å². The minimum absolute atomic E-state index is 0.350.